The second-order valence-corrected chi connectivity index (χ2v) is 24.5. The molecule has 11 atom stereocenters. The van der Waals surface area contributed by atoms with Crippen molar-refractivity contribution in [2.75, 3.05) is 53.8 Å². The smallest absolute Gasteiger partial charge is 0.410 e. The number of methoxy groups -OCH3 is 2. The van der Waals surface area contributed by atoms with E-state index in [4.69, 9.17) is 19.9 Å². The van der Waals surface area contributed by atoms with Gasteiger partial charge in [-0.25, -0.2) is 9.59 Å². The first kappa shape index (κ1) is 76.0. The molecule has 0 fully saturated rings. The van der Waals surface area contributed by atoms with Crippen LogP contribution in [0.3, 0.4) is 0 Å². The molecule has 8 N–H and O–H groups in total. The van der Waals surface area contributed by atoms with E-state index in [0.29, 0.717) is 54.7 Å². The van der Waals surface area contributed by atoms with Gasteiger partial charge < -0.3 is 66.3 Å². The molecule has 9 amide bonds. The van der Waals surface area contributed by atoms with E-state index in [2.05, 4.69) is 26.6 Å². The van der Waals surface area contributed by atoms with Crippen LogP contribution in [0.4, 0.5) is 15.3 Å². The Morgan fingerprint density at radius 3 is 1.93 bits per heavy atom. The third-order valence-corrected chi connectivity index (χ3v) is 16.9. The summed E-state index contributed by atoms with van der Waals surface area (Å²) in [6, 6.07) is 11.8. The van der Waals surface area contributed by atoms with Crippen LogP contribution in [-0.4, -0.2) is 164 Å². The van der Waals surface area contributed by atoms with E-state index < -0.39 is 84.2 Å². The van der Waals surface area contributed by atoms with Crippen LogP contribution in [0.25, 0.3) is 0 Å². The molecule has 3 rings (SSSR count). The molecule has 0 spiro atoms. The average molecular weight is 1250 g/mol. The van der Waals surface area contributed by atoms with Gasteiger partial charge in [-0.3, -0.25) is 38.4 Å². The van der Waals surface area contributed by atoms with Crippen molar-refractivity contribution in [1.29, 1.82) is 0 Å². The highest BCUT2D eigenvalue weighted by atomic mass is 16.6. The Bertz CT molecular complexity index is 2690. The highest BCUT2D eigenvalue weighted by Crippen LogP contribution is 2.32. The Kier molecular flexibility index (Phi) is 32.2. The van der Waals surface area contributed by atoms with Crippen LogP contribution in [-0.2, 0) is 59.2 Å². The third-order valence-electron chi connectivity index (χ3n) is 16.9. The van der Waals surface area contributed by atoms with E-state index in [9.17, 15) is 53.1 Å². The zero-order valence-electron chi connectivity index (χ0n) is 55.2. The first-order valence-electron chi connectivity index (χ1n) is 31.3. The number of amides is 9. The minimum atomic E-state index is -0.968. The van der Waals surface area contributed by atoms with E-state index in [1.807, 2.05) is 52.0 Å². The summed E-state index contributed by atoms with van der Waals surface area (Å²) in [6.45, 7) is 18.6. The summed E-state index contributed by atoms with van der Waals surface area (Å²) in [5.74, 6) is -6.26. The molecular formula is C66H103N9O14. The predicted molar refractivity (Wildman–Crippen MR) is 339 cm³/mol. The molecule has 0 aliphatic carbocycles. The summed E-state index contributed by atoms with van der Waals surface area (Å²) < 4.78 is 17.7. The molecule has 23 heteroatoms. The number of carbonyl (C=O) groups excluding carboxylic acids is 10. The number of hydrogen-bond acceptors (Lipinski definition) is 14. The fraction of sp³-hybridized carbons (Fsp3) is 0.636. The molecule has 0 bridgehead atoms. The molecule has 2 aromatic rings. The van der Waals surface area contributed by atoms with Crippen LogP contribution in [0.2, 0.25) is 0 Å². The van der Waals surface area contributed by atoms with E-state index in [-0.39, 0.29) is 111 Å². The number of aliphatic hydroxyl groups is 1. The highest BCUT2D eigenvalue weighted by molar-refractivity contribution is 5.97. The molecule has 0 radical (unpaired) electrons. The topological polar surface area (TPSA) is 315 Å². The van der Waals surface area contributed by atoms with Gasteiger partial charge in [0, 0.05) is 97.4 Å². The molecule has 2 aromatic carbocycles. The summed E-state index contributed by atoms with van der Waals surface area (Å²) in [6.07, 6.45) is 0.283. The summed E-state index contributed by atoms with van der Waals surface area (Å²) in [5, 5.41) is 24.5. The van der Waals surface area contributed by atoms with Crippen LogP contribution in [0.15, 0.2) is 66.4 Å². The monoisotopic (exact) mass is 1250 g/mol. The maximum Gasteiger partial charge on any atom is 0.410 e. The lowest BCUT2D eigenvalue weighted by Gasteiger charge is -2.40. The summed E-state index contributed by atoms with van der Waals surface area (Å²) in [4.78, 5) is 139. The Morgan fingerprint density at radius 1 is 0.730 bits per heavy atom. The van der Waals surface area contributed by atoms with Crippen molar-refractivity contribution in [3.05, 3.63) is 77.5 Å². The molecular weight excluding hydrogens is 1140 g/mol. The molecule has 0 aromatic heterocycles. The predicted octanol–water partition coefficient (Wildman–Crippen LogP) is 6.81. The van der Waals surface area contributed by atoms with Gasteiger partial charge in [0.1, 0.15) is 12.7 Å². The molecule has 1 aliphatic heterocycles. The number of benzene rings is 2. The molecule has 496 valence electrons. The highest BCUT2D eigenvalue weighted by Gasteiger charge is 2.42. The van der Waals surface area contributed by atoms with Crippen molar-refractivity contribution in [2.24, 2.45) is 47.2 Å². The number of hydrogen-bond donors (Lipinski definition) is 7. The number of ether oxygens (including phenoxy) is 3. The van der Waals surface area contributed by atoms with Crippen molar-refractivity contribution in [1.82, 2.24) is 36.0 Å². The third kappa shape index (κ3) is 23.3. The SMILES string of the molecule is CC[C@H](C)C([C@@H](CC(=O)N1CCC=C1[C@H](OC)[C@@H](C)C(=O)N[C@H](C)[C@@H](O)c1ccccc1)OC)N(C)C(=O)[C@@H](CC(=O)[C@H](C(C)C)N(C)C(=O)OCc1ccc(NC(=O)[C@H](CCCNC(N)=O)CC(=O)[C@@H](NC(=O)CCCC(=O)NC)C(C)C)cc1)C(C)C. The largest absolute Gasteiger partial charge is 0.445 e. The summed E-state index contributed by atoms with van der Waals surface area (Å²) >= 11 is 0. The standard InChI is InChI=1S/C66H103N9O14/c1-16-42(8)59(53(87-14)37-56(80)75-34-22-26-50(75)61(88-15)43(9)62(82)70-44(10)60(81)46-23-18-17-19-24-46)73(12)64(84)49(39(2)3)36-52(77)58(41(6)7)74(13)66(86)89-38-45-29-31-48(32-30-45)71-63(83)47(25-21-33-69-65(67)85)35-51(76)57(40(4)5)72-55(79)28-20-27-54(78)68-11/h17-19,23-24,26,29-32,39-44,47,49,53,57-61,81H,16,20-22,25,27-28,33-38H2,1-15H3,(H,68,78)(H,70,82)(H,71,83)(H,72,79)(H3,67,69,85)/t42-,43+,44+,47+,49-,53+,57-,58-,59?,60+,61+/m0/s1. The normalized spacial score (nSPS) is 16.0. The number of aliphatic hydroxyl groups excluding tert-OH is 1. The number of Topliss-reactive ketones (excluding diaryl/α,β-unsaturated/α-hetero) is 2. The number of nitrogens with zero attached hydrogens (tertiary/aromatic N) is 3. The second-order valence-electron chi connectivity index (χ2n) is 24.5. The first-order chi connectivity index (χ1) is 42.0. The quantitative estimate of drug-likeness (QED) is 0.0340. The molecule has 1 heterocycles. The van der Waals surface area contributed by atoms with Gasteiger partial charge in [0.25, 0.3) is 0 Å². The van der Waals surface area contributed by atoms with Gasteiger partial charge in [-0.15, -0.1) is 0 Å². The number of anilines is 1. The minimum absolute atomic E-state index is 0.0391. The van der Waals surface area contributed by atoms with Crippen LogP contribution in [0, 0.1) is 41.4 Å². The van der Waals surface area contributed by atoms with E-state index in [0.717, 1.165) is 0 Å². The molecule has 1 aliphatic rings. The fourth-order valence-electron chi connectivity index (χ4n) is 11.4. The number of nitrogens with two attached hydrogens (primary N) is 1. The van der Waals surface area contributed by atoms with E-state index in [1.165, 1.54) is 33.2 Å². The van der Waals surface area contributed by atoms with E-state index in [1.54, 1.807) is 94.8 Å². The van der Waals surface area contributed by atoms with Gasteiger partial charge in [0.15, 0.2) is 11.6 Å². The molecule has 89 heavy (non-hydrogen) atoms. The molecule has 1 unspecified atom stereocenters. The fourth-order valence-corrected chi connectivity index (χ4v) is 11.4. The lowest BCUT2D eigenvalue weighted by atomic mass is 9.83. The Hall–Kier alpha value is -7.24. The second kappa shape index (κ2) is 37.7. The maximum absolute atomic E-state index is 14.8. The maximum atomic E-state index is 14.8. The van der Waals surface area contributed by atoms with Crippen molar-refractivity contribution in [2.45, 2.75) is 183 Å². The van der Waals surface area contributed by atoms with Gasteiger partial charge in [-0.2, -0.15) is 0 Å². The van der Waals surface area contributed by atoms with Gasteiger partial charge in [0.05, 0.1) is 48.7 Å². The van der Waals surface area contributed by atoms with E-state index >= 15 is 0 Å². The summed E-state index contributed by atoms with van der Waals surface area (Å²) in [7, 11) is 7.63. The molecule has 23 nitrogen and oxygen atoms in total. The zero-order chi connectivity index (χ0) is 66.8. The van der Waals surface area contributed by atoms with Crippen LogP contribution in [0.5, 0.6) is 0 Å². The van der Waals surface area contributed by atoms with Crippen molar-refractivity contribution < 1.29 is 67.3 Å². The number of nitrogens with one attached hydrogen (secondary N) is 5. The number of carbonyl (C=O) groups is 10. The van der Waals surface area contributed by atoms with Crippen molar-refractivity contribution in [3.8, 4) is 0 Å². The average Bonchev–Trinajstić information content (AvgIpc) is 2.15. The van der Waals surface area contributed by atoms with Crippen LogP contribution < -0.4 is 32.3 Å². The number of likely N-dealkylation sites (N-methyl/N-ethyl adjacent to an activating group) is 2. The van der Waals surface area contributed by atoms with Crippen molar-refractivity contribution in [3.63, 3.8) is 0 Å². The minimum Gasteiger partial charge on any atom is -0.445 e. The van der Waals surface area contributed by atoms with Crippen LogP contribution in [0.1, 0.15) is 151 Å². The number of urea groups is 1. The number of rotatable bonds is 38. The summed E-state index contributed by atoms with van der Waals surface area (Å²) in [5.41, 5.74) is 7.39. The number of ketones is 2. The number of primary amides is 1. The van der Waals surface area contributed by atoms with Crippen molar-refractivity contribution >= 4 is 64.8 Å². The molecule has 0 saturated carbocycles. The van der Waals surface area contributed by atoms with Gasteiger partial charge >= 0.3 is 12.1 Å². The van der Waals surface area contributed by atoms with Gasteiger partial charge in [-0.05, 0) is 79.5 Å². The van der Waals surface area contributed by atoms with Gasteiger partial charge in [0.2, 0.25) is 35.4 Å². The van der Waals surface area contributed by atoms with Crippen LogP contribution >= 0.6 is 0 Å². The zero-order valence-corrected chi connectivity index (χ0v) is 55.2. The molecule has 0 saturated heterocycles. The Labute approximate surface area is 527 Å². The Morgan fingerprint density at radius 2 is 1.37 bits per heavy atom. The lowest BCUT2D eigenvalue weighted by molar-refractivity contribution is -0.147. The Balaban J connectivity index is 1.71. The lowest BCUT2D eigenvalue weighted by Crippen LogP contribution is -2.53. The first-order valence-corrected chi connectivity index (χ1v) is 31.3. The van der Waals surface area contributed by atoms with Gasteiger partial charge in [-0.1, -0.05) is 117 Å².